The number of nitrogens with one attached hydrogen (secondary N) is 1. The summed E-state index contributed by atoms with van der Waals surface area (Å²) in [6, 6.07) is 4.71. The highest BCUT2D eigenvalue weighted by molar-refractivity contribution is 6.30. The van der Waals surface area contributed by atoms with E-state index in [0.29, 0.717) is 17.0 Å². The Kier molecular flexibility index (Phi) is 6.04. The Morgan fingerprint density at radius 3 is 2.82 bits per heavy atom. The molecule has 1 unspecified atom stereocenters. The molecular weight excluding hydrogens is 237 g/mol. The zero-order valence-electron chi connectivity index (χ0n) is 10.2. The number of hydrogen-bond acceptors (Lipinski definition) is 1. The predicted molar refractivity (Wildman–Crippen MR) is 70.5 cm³/mol. The summed E-state index contributed by atoms with van der Waals surface area (Å²) in [6.07, 6.45) is 1.61. The molecule has 1 atom stereocenters. The summed E-state index contributed by atoms with van der Waals surface area (Å²) in [7, 11) is 0. The van der Waals surface area contributed by atoms with E-state index in [1.165, 1.54) is 6.07 Å². The highest BCUT2D eigenvalue weighted by Gasteiger charge is 2.14. The summed E-state index contributed by atoms with van der Waals surface area (Å²) in [6.45, 7) is 4.71. The van der Waals surface area contributed by atoms with E-state index < -0.39 is 0 Å². The Morgan fingerprint density at radius 1 is 1.47 bits per heavy atom. The molecule has 17 heavy (non-hydrogen) atoms. The van der Waals surface area contributed by atoms with Gasteiger partial charge in [0.1, 0.15) is 5.82 Å². The monoisotopic (exact) mass is 253 g/mol. The second-order valence-electron chi connectivity index (χ2n) is 3.80. The molecule has 0 aliphatic rings. The van der Waals surface area contributed by atoms with Crippen LogP contribution in [-0.4, -0.2) is 6.54 Å². The number of benzene rings is 1. The fourth-order valence-electron chi connectivity index (χ4n) is 1.60. The van der Waals surface area contributed by atoms with Crippen molar-refractivity contribution in [3.8, 4) is 11.8 Å². The fourth-order valence-corrected chi connectivity index (χ4v) is 1.76. The van der Waals surface area contributed by atoms with E-state index in [1.54, 1.807) is 19.1 Å². The third-order valence-electron chi connectivity index (χ3n) is 2.46. The molecule has 0 amide bonds. The molecular formula is C14H17ClFN. The molecule has 1 rings (SSSR count). The van der Waals surface area contributed by atoms with Crippen LogP contribution >= 0.6 is 11.6 Å². The third kappa shape index (κ3) is 4.38. The molecule has 92 valence electrons. The van der Waals surface area contributed by atoms with Crippen LogP contribution in [0.15, 0.2) is 18.2 Å². The van der Waals surface area contributed by atoms with E-state index in [1.807, 2.05) is 0 Å². The molecule has 1 N–H and O–H groups in total. The topological polar surface area (TPSA) is 12.0 Å². The number of rotatable bonds is 5. The molecule has 0 aliphatic carbocycles. The van der Waals surface area contributed by atoms with E-state index in [4.69, 9.17) is 11.6 Å². The molecule has 1 aromatic rings. The van der Waals surface area contributed by atoms with Crippen molar-refractivity contribution in [3.63, 3.8) is 0 Å². The van der Waals surface area contributed by atoms with Gasteiger partial charge in [-0.25, -0.2) is 4.39 Å². The standard InChI is InChI=1S/C14H17ClFN/c1-3-5-6-14(17-9-4-2)12-8-7-11(15)10-13(12)16/h7-8,10,14,17H,4,6,9H2,1-2H3. The van der Waals surface area contributed by atoms with Crippen LogP contribution in [0.5, 0.6) is 0 Å². The first-order chi connectivity index (χ1) is 8.19. The molecule has 0 aliphatic heterocycles. The van der Waals surface area contributed by atoms with Gasteiger partial charge in [0, 0.05) is 23.0 Å². The van der Waals surface area contributed by atoms with Crippen molar-refractivity contribution >= 4 is 11.6 Å². The van der Waals surface area contributed by atoms with Crippen LogP contribution in [-0.2, 0) is 0 Å². The lowest BCUT2D eigenvalue weighted by molar-refractivity contribution is 0.507. The summed E-state index contributed by atoms with van der Waals surface area (Å²) < 4.78 is 13.8. The van der Waals surface area contributed by atoms with Crippen LogP contribution in [0.1, 0.15) is 38.3 Å². The van der Waals surface area contributed by atoms with Crippen molar-refractivity contribution in [3.05, 3.63) is 34.6 Å². The van der Waals surface area contributed by atoms with Crippen LogP contribution < -0.4 is 5.32 Å². The largest absolute Gasteiger partial charge is 0.309 e. The first-order valence-corrected chi connectivity index (χ1v) is 6.14. The van der Waals surface area contributed by atoms with E-state index in [9.17, 15) is 4.39 Å². The van der Waals surface area contributed by atoms with Gasteiger partial charge in [-0.1, -0.05) is 24.6 Å². The van der Waals surface area contributed by atoms with Crippen molar-refractivity contribution in [1.82, 2.24) is 5.32 Å². The van der Waals surface area contributed by atoms with E-state index >= 15 is 0 Å². The van der Waals surface area contributed by atoms with Crippen molar-refractivity contribution in [2.45, 2.75) is 32.7 Å². The Bertz CT molecular complexity index is 420. The highest BCUT2D eigenvalue weighted by Crippen LogP contribution is 2.22. The van der Waals surface area contributed by atoms with Gasteiger partial charge in [0.15, 0.2) is 0 Å². The average Bonchev–Trinajstić information content (AvgIpc) is 2.30. The van der Waals surface area contributed by atoms with Crippen molar-refractivity contribution in [2.75, 3.05) is 6.54 Å². The summed E-state index contributed by atoms with van der Waals surface area (Å²) in [4.78, 5) is 0. The van der Waals surface area contributed by atoms with Crippen LogP contribution in [0.4, 0.5) is 4.39 Å². The zero-order chi connectivity index (χ0) is 12.7. The summed E-state index contributed by atoms with van der Waals surface area (Å²) in [5, 5.41) is 3.71. The average molecular weight is 254 g/mol. The van der Waals surface area contributed by atoms with Crippen LogP contribution in [0.2, 0.25) is 5.02 Å². The molecule has 3 heteroatoms. The molecule has 1 nitrogen and oxygen atoms in total. The number of hydrogen-bond donors (Lipinski definition) is 1. The van der Waals surface area contributed by atoms with Gasteiger partial charge >= 0.3 is 0 Å². The quantitative estimate of drug-likeness (QED) is 0.784. The van der Waals surface area contributed by atoms with Gasteiger partial charge < -0.3 is 5.32 Å². The minimum absolute atomic E-state index is 0.0698. The molecule has 0 saturated carbocycles. The molecule has 1 aromatic carbocycles. The maximum absolute atomic E-state index is 13.8. The number of halogens is 2. The van der Waals surface area contributed by atoms with Crippen LogP contribution in [0.3, 0.4) is 0 Å². The summed E-state index contributed by atoms with van der Waals surface area (Å²) in [5.74, 6) is 5.55. The molecule has 0 aromatic heterocycles. The summed E-state index contributed by atoms with van der Waals surface area (Å²) >= 11 is 5.74. The molecule has 0 spiro atoms. The van der Waals surface area contributed by atoms with Crippen LogP contribution in [0, 0.1) is 17.7 Å². The van der Waals surface area contributed by atoms with Crippen LogP contribution in [0.25, 0.3) is 0 Å². The second kappa shape index (κ2) is 7.32. The fraction of sp³-hybridized carbons (Fsp3) is 0.429. The first-order valence-electron chi connectivity index (χ1n) is 5.77. The van der Waals surface area contributed by atoms with Gasteiger partial charge in [0.25, 0.3) is 0 Å². The lowest BCUT2D eigenvalue weighted by Gasteiger charge is -2.17. The lowest BCUT2D eigenvalue weighted by Crippen LogP contribution is -2.22. The third-order valence-corrected chi connectivity index (χ3v) is 2.70. The molecule has 0 heterocycles. The zero-order valence-corrected chi connectivity index (χ0v) is 10.9. The lowest BCUT2D eigenvalue weighted by atomic mass is 10.0. The van der Waals surface area contributed by atoms with Crippen molar-refractivity contribution in [2.24, 2.45) is 0 Å². The maximum atomic E-state index is 13.8. The van der Waals surface area contributed by atoms with E-state index in [0.717, 1.165) is 13.0 Å². The second-order valence-corrected chi connectivity index (χ2v) is 4.24. The van der Waals surface area contributed by atoms with Gasteiger partial charge in [-0.05, 0) is 32.0 Å². The van der Waals surface area contributed by atoms with Gasteiger partial charge in [0.05, 0.1) is 0 Å². The Hall–Kier alpha value is -1.04. The van der Waals surface area contributed by atoms with Gasteiger partial charge in [-0.2, -0.15) is 0 Å². The van der Waals surface area contributed by atoms with Gasteiger partial charge in [-0.3, -0.25) is 0 Å². The minimum atomic E-state index is -0.274. The maximum Gasteiger partial charge on any atom is 0.129 e. The predicted octanol–water partition coefficient (Wildman–Crippen LogP) is 3.93. The minimum Gasteiger partial charge on any atom is -0.309 e. The molecule has 0 saturated heterocycles. The van der Waals surface area contributed by atoms with E-state index in [2.05, 4.69) is 24.1 Å². The van der Waals surface area contributed by atoms with Gasteiger partial charge in [0.2, 0.25) is 0 Å². The SMILES string of the molecule is CC#CCC(NCCC)c1ccc(Cl)cc1F. The Morgan fingerprint density at radius 2 is 2.24 bits per heavy atom. The van der Waals surface area contributed by atoms with E-state index in [-0.39, 0.29) is 11.9 Å². The normalized spacial score (nSPS) is 11.8. The highest BCUT2D eigenvalue weighted by atomic mass is 35.5. The Labute approximate surface area is 107 Å². The molecule has 0 fully saturated rings. The molecule has 0 bridgehead atoms. The van der Waals surface area contributed by atoms with Crippen molar-refractivity contribution < 1.29 is 4.39 Å². The smallest absolute Gasteiger partial charge is 0.129 e. The summed E-state index contributed by atoms with van der Waals surface area (Å²) in [5.41, 5.74) is 0.630. The van der Waals surface area contributed by atoms with Crippen molar-refractivity contribution in [1.29, 1.82) is 0 Å². The Balaban J connectivity index is 2.89. The molecule has 0 radical (unpaired) electrons. The van der Waals surface area contributed by atoms with Gasteiger partial charge in [-0.15, -0.1) is 11.8 Å². The first kappa shape index (κ1) is 14.0.